The number of ether oxygens (including phenoxy) is 1. The largest absolute Gasteiger partial charge is 0.467 e. The molecule has 1 aromatic carbocycles. The fourth-order valence-electron chi connectivity index (χ4n) is 1.56. The summed E-state index contributed by atoms with van der Waals surface area (Å²) in [5.74, 6) is -0.753. The molecule has 2 rings (SSSR count). The Morgan fingerprint density at radius 3 is 2.83 bits per heavy atom. The van der Waals surface area contributed by atoms with Crippen LogP contribution in [-0.2, 0) is 9.53 Å². The summed E-state index contributed by atoms with van der Waals surface area (Å²) >= 11 is 1.44. The number of hydrogen-bond donors (Lipinski definition) is 1. The van der Waals surface area contributed by atoms with Gasteiger partial charge in [-0.15, -0.1) is 11.3 Å². The van der Waals surface area contributed by atoms with Crippen LogP contribution in [0.25, 0.3) is 0 Å². The zero-order valence-electron chi connectivity index (χ0n) is 9.72. The first kappa shape index (κ1) is 12.6. The van der Waals surface area contributed by atoms with E-state index in [9.17, 15) is 9.18 Å². The molecular formula is C13H12FNO2S. The molecule has 2 aromatic rings. The van der Waals surface area contributed by atoms with Gasteiger partial charge < -0.3 is 10.1 Å². The topological polar surface area (TPSA) is 38.3 Å². The van der Waals surface area contributed by atoms with Crippen LogP contribution in [0.15, 0.2) is 41.8 Å². The van der Waals surface area contributed by atoms with Crippen molar-refractivity contribution in [1.29, 1.82) is 0 Å². The van der Waals surface area contributed by atoms with E-state index < -0.39 is 12.0 Å². The van der Waals surface area contributed by atoms with Crippen LogP contribution in [0.1, 0.15) is 10.9 Å². The van der Waals surface area contributed by atoms with E-state index in [1.54, 1.807) is 12.1 Å². The molecule has 1 heterocycles. The molecule has 0 saturated carbocycles. The van der Waals surface area contributed by atoms with Crippen molar-refractivity contribution >= 4 is 23.0 Å². The van der Waals surface area contributed by atoms with Gasteiger partial charge >= 0.3 is 5.97 Å². The summed E-state index contributed by atoms with van der Waals surface area (Å²) in [6.07, 6.45) is 0. The van der Waals surface area contributed by atoms with Crippen molar-refractivity contribution in [2.45, 2.75) is 6.04 Å². The summed E-state index contributed by atoms with van der Waals surface area (Å²) in [6.45, 7) is 0. The maximum atomic E-state index is 13.1. The van der Waals surface area contributed by atoms with E-state index in [2.05, 4.69) is 5.32 Å². The maximum absolute atomic E-state index is 13.1. The molecule has 1 N–H and O–H groups in total. The molecule has 1 aromatic heterocycles. The Kier molecular flexibility index (Phi) is 3.94. The summed E-state index contributed by atoms with van der Waals surface area (Å²) in [7, 11) is 1.33. The lowest BCUT2D eigenvalue weighted by Gasteiger charge is -2.16. The smallest absolute Gasteiger partial charge is 0.333 e. The van der Waals surface area contributed by atoms with Crippen LogP contribution in [0.4, 0.5) is 10.1 Å². The number of carbonyl (C=O) groups is 1. The molecule has 0 aliphatic rings. The van der Waals surface area contributed by atoms with E-state index in [0.29, 0.717) is 5.69 Å². The second kappa shape index (κ2) is 5.64. The van der Waals surface area contributed by atoms with E-state index in [0.717, 1.165) is 4.88 Å². The minimum atomic E-state index is -0.614. The second-order valence-electron chi connectivity index (χ2n) is 3.63. The van der Waals surface area contributed by atoms with Crippen molar-refractivity contribution in [2.24, 2.45) is 0 Å². The summed E-state index contributed by atoms with van der Waals surface area (Å²) in [4.78, 5) is 12.6. The summed E-state index contributed by atoms with van der Waals surface area (Å²) in [5.41, 5.74) is 0.541. The zero-order chi connectivity index (χ0) is 13.0. The molecule has 0 aliphatic carbocycles. The van der Waals surface area contributed by atoms with Crippen LogP contribution in [0.5, 0.6) is 0 Å². The number of benzene rings is 1. The predicted octanol–water partition coefficient (Wildman–Crippen LogP) is 3.21. The van der Waals surface area contributed by atoms with Gasteiger partial charge in [-0.05, 0) is 29.6 Å². The highest BCUT2D eigenvalue weighted by Crippen LogP contribution is 2.25. The molecule has 0 radical (unpaired) electrons. The number of rotatable bonds is 4. The van der Waals surface area contributed by atoms with Crippen molar-refractivity contribution in [2.75, 3.05) is 12.4 Å². The van der Waals surface area contributed by atoms with Crippen LogP contribution < -0.4 is 5.32 Å². The van der Waals surface area contributed by atoms with Gasteiger partial charge in [0.1, 0.15) is 5.82 Å². The molecule has 1 unspecified atom stereocenters. The lowest BCUT2D eigenvalue weighted by molar-refractivity contribution is -0.141. The molecule has 0 bridgehead atoms. The molecule has 0 fully saturated rings. The second-order valence-corrected chi connectivity index (χ2v) is 4.61. The van der Waals surface area contributed by atoms with Crippen molar-refractivity contribution in [3.8, 4) is 0 Å². The standard InChI is InChI=1S/C13H12FNO2S/c1-17-13(16)12(11-6-3-7-18-11)15-10-5-2-4-9(14)8-10/h2-8,12,15H,1H3. The molecule has 0 amide bonds. The molecular weight excluding hydrogens is 253 g/mol. The number of nitrogens with one attached hydrogen (secondary N) is 1. The molecule has 1 atom stereocenters. The highest BCUT2D eigenvalue weighted by atomic mass is 32.1. The number of anilines is 1. The minimum absolute atomic E-state index is 0.352. The van der Waals surface area contributed by atoms with E-state index in [4.69, 9.17) is 4.74 Å². The number of methoxy groups -OCH3 is 1. The van der Waals surface area contributed by atoms with Crippen molar-refractivity contribution in [1.82, 2.24) is 0 Å². The van der Waals surface area contributed by atoms with Gasteiger partial charge in [-0.25, -0.2) is 9.18 Å². The van der Waals surface area contributed by atoms with Crippen molar-refractivity contribution < 1.29 is 13.9 Å². The number of carbonyl (C=O) groups excluding carboxylic acids is 1. The molecule has 3 nitrogen and oxygen atoms in total. The number of thiophene rings is 1. The van der Waals surface area contributed by atoms with Crippen LogP contribution in [0, 0.1) is 5.82 Å². The van der Waals surface area contributed by atoms with Gasteiger partial charge in [-0.1, -0.05) is 12.1 Å². The third-order valence-electron chi connectivity index (χ3n) is 2.40. The molecule has 0 aliphatic heterocycles. The maximum Gasteiger partial charge on any atom is 0.333 e. The van der Waals surface area contributed by atoms with Crippen LogP contribution >= 0.6 is 11.3 Å². The highest BCUT2D eigenvalue weighted by molar-refractivity contribution is 7.10. The minimum Gasteiger partial charge on any atom is -0.467 e. The zero-order valence-corrected chi connectivity index (χ0v) is 10.5. The van der Waals surface area contributed by atoms with Crippen molar-refractivity contribution in [3.05, 3.63) is 52.5 Å². The number of halogens is 1. The Morgan fingerprint density at radius 2 is 2.22 bits per heavy atom. The fourth-order valence-corrected chi connectivity index (χ4v) is 2.33. The first-order valence-corrected chi connectivity index (χ1v) is 6.22. The number of esters is 1. The SMILES string of the molecule is COC(=O)C(Nc1cccc(F)c1)c1cccs1. The lowest BCUT2D eigenvalue weighted by atomic mass is 10.2. The predicted molar refractivity (Wildman–Crippen MR) is 69.1 cm³/mol. The lowest BCUT2D eigenvalue weighted by Crippen LogP contribution is -2.21. The Balaban J connectivity index is 2.23. The average molecular weight is 265 g/mol. The summed E-state index contributed by atoms with van der Waals surface area (Å²) in [6, 6.07) is 9.04. The summed E-state index contributed by atoms with van der Waals surface area (Å²) < 4.78 is 17.8. The van der Waals surface area contributed by atoms with Crippen molar-refractivity contribution in [3.63, 3.8) is 0 Å². The Morgan fingerprint density at radius 1 is 1.39 bits per heavy atom. The molecule has 0 spiro atoms. The highest BCUT2D eigenvalue weighted by Gasteiger charge is 2.22. The number of hydrogen-bond acceptors (Lipinski definition) is 4. The van der Waals surface area contributed by atoms with E-state index in [-0.39, 0.29) is 5.82 Å². The monoisotopic (exact) mass is 265 g/mol. The molecule has 5 heteroatoms. The quantitative estimate of drug-likeness (QED) is 0.863. The van der Waals surface area contributed by atoms with Gasteiger partial charge in [-0.2, -0.15) is 0 Å². The molecule has 0 saturated heterocycles. The first-order chi connectivity index (χ1) is 8.70. The van der Waals surface area contributed by atoms with Crippen LogP contribution in [0.2, 0.25) is 0 Å². The first-order valence-electron chi connectivity index (χ1n) is 5.34. The van der Waals surface area contributed by atoms with E-state index in [1.165, 1.54) is 30.6 Å². The van der Waals surface area contributed by atoms with Gasteiger partial charge in [-0.3, -0.25) is 0 Å². The third kappa shape index (κ3) is 2.87. The van der Waals surface area contributed by atoms with Gasteiger partial charge in [0.05, 0.1) is 7.11 Å². The van der Waals surface area contributed by atoms with E-state index in [1.807, 2.05) is 17.5 Å². The van der Waals surface area contributed by atoms with Gasteiger partial charge in [0.15, 0.2) is 6.04 Å². The summed E-state index contributed by atoms with van der Waals surface area (Å²) in [5, 5.41) is 4.84. The fraction of sp³-hybridized carbons (Fsp3) is 0.154. The van der Waals surface area contributed by atoms with Gasteiger partial charge in [0.2, 0.25) is 0 Å². The molecule has 18 heavy (non-hydrogen) atoms. The normalized spacial score (nSPS) is 11.9. The third-order valence-corrected chi connectivity index (χ3v) is 3.34. The van der Waals surface area contributed by atoms with Crippen LogP contribution in [-0.4, -0.2) is 13.1 Å². The van der Waals surface area contributed by atoms with E-state index >= 15 is 0 Å². The Bertz CT molecular complexity index is 528. The van der Waals surface area contributed by atoms with Gasteiger partial charge in [0.25, 0.3) is 0 Å². The van der Waals surface area contributed by atoms with Gasteiger partial charge in [0, 0.05) is 10.6 Å². The molecule has 94 valence electrons. The Hall–Kier alpha value is -1.88. The Labute approximate surface area is 108 Å². The van der Waals surface area contributed by atoms with Crippen LogP contribution in [0.3, 0.4) is 0 Å². The average Bonchev–Trinajstić information content (AvgIpc) is 2.89.